The Morgan fingerprint density at radius 2 is 1.18 bits per heavy atom. The maximum absolute atomic E-state index is 13.2. The van der Waals surface area contributed by atoms with Crippen molar-refractivity contribution < 1.29 is 39.0 Å². The summed E-state index contributed by atoms with van der Waals surface area (Å²) in [6, 6.07) is -0.173. The quantitative estimate of drug-likeness (QED) is 0.118. The smallest absolute Gasteiger partial charge is 0.326 e. The van der Waals surface area contributed by atoms with Gasteiger partial charge in [-0.15, -0.1) is 0 Å². The van der Waals surface area contributed by atoms with Gasteiger partial charge >= 0.3 is 5.97 Å². The molecule has 0 aliphatic heterocycles. The number of phenolic OH excluding ortho intramolecular Hbond substituents is 1. The van der Waals surface area contributed by atoms with Crippen LogP contribution in [0.4, 0.5) is 0 Å². The first-order chi connectivity index (χ1) is 18.3. The lowest BCUT2D eigenvalue weighted by atomic mass is 10.0. The fourth-order valence-corrected chi connectivity index (χ4v) is 3.46. The number of aliphatic carboxylic acids is 1. The molecule has 0 aliphatic carbocycles. The number of rotatable bonds is 16. The first kappa shape index (κ1) is 32.8. The SMILES string of the molecule is CCC(N)C(=O)NC(CC)C(=O)NC(CC(N)=O)C(=O)NC(Cc1ccc(O)cc1)C(=O)NC(CC)C(=O)O. The molecular weight excluding hydrogens is 512 g/mol. The maximum atomic E-state index is 13.2. The van der Waals surface area contributed by atoms with Gasteiger partial charge in [0.1, 0.15) is 29.9 Å². The van der Waals surface area contributed by atoms with Crippen molar-refractivity contribution >= 4 is 35.5 Å². The molecule has 0 aromatic heterocycles. The molecule has 0 saturated carbocycles. The lowest BCUT2D eigenvalue weighted by Crippen LogP contribution is -2.59. The van der Waals surface area contributed by atoms with Gasteiger partial charge in [-0.1, -0.05) is 32.9 Å². The molecule has 0 aliphatic rings. The van der Waals surface area contributed by atoms with Crippen LogP contribution in [0.25, 0.3) is 0 Å². The Hall–Kier alpha value is -4.20. The van der Waals surface area contributed by atoms with E-state index >= 15 is 0 Å². The monoisotopic (exact) mass is 550 g/mol. The highest BCUT2D eigenvalue weighted by Gasteiger charge is 2.32. The summed E-state index contributed by atoms with van der Waals surface area (Å²) in [5.41, 5.74) is 11.5. The number of amides is 5. The van der Waals surface area contributed by atoms with Crippen LogP contribution < -0.4 is 32.7 Å². The Balaban J connectivity index is 3.16. The van der Waals surface area contributed by atoms with E-state index in [0.29, 0.717) is 12.0 Å². The minimum atomic E-state index is -1.50. The Bertz CT molecular complexity index is 1030. The molecule has 5 atom stereocenters. The van der Waals surface area contributed by atoms with Crippen molar-refractivity contribution in [3.05, 3.63) is 29.8 Å². The van der Waals surface area contributed by atoms with Crippen molar-refractivity contribution in [2.45, 2.75) is 83.1 Å². The molecule has 14 nitrogen and oxygen atoms in total. The zero-order chi connectivity index (χ0) is 29.7. The van der Waals surface area contributed by atoms with E-state index in [0.717, 1.165) is 0 Å². The van der Waals surface area contributed by atoms with Gasteiger partial charge in [0, 0.05) is 6.42 Å². The molecular formula is C25H38N6O8. The third-order valence-electron chi connectivity index (χ3n) is 5.89. The summed E-state index contributed by atoms with van der Waals surface area (Å²) in [6.07, 6.45) is -0.155. The molecule has 0 saturated heterocycles. The minimum Gasteiger partial charge on any atom is -0.508 e. The minimum absolute atomic E-state index is 0.0255. The van der Waals surface area contributed by atoms with Crippen LogP contribution in [0.2, 0.25) is 0 Å². The van der Waals surface area contributed by atoms with Gasteiger partial charge in [0.2, 0.25) is 29.5 Å². The van der Waals surface area contributed by atoms with Gasteiger partial charge in [0.15, 0.2) is 0 Å². The van der Waals surface area contributed by atoms with E-state index in [1.165, 1.54) is 24.3 Å². The molecule has 0 fully saturated rings. The second-order valence-corrected chi connectivity index (χ2v) is 8.96. The lowest BCUT2D eigenvalue weighted by Gasteiger charge is -2.25. The summed E-state index contributed by atoms with van der Waals surface area (Å²) in [6.45, 7) is 4.87. The van der Waals surface area contributed by atoms with Crippen LogP contribution in [-0.4, -0.2) is 75.9 Å². The second kappa shape index (κ2) is 15.9. The van der Waals surface area contributed by atoms with E-state index in [4.69, 9.17) is 11.5 Å². The number of hydrogen-bond donors (Lipinski definition) is 8. The fraction of sp³-hybridized carbons (Fsp3) is 0.520. The highest BCUT2D eigenvalue weighted by atomic mass is 16.4. The number of carboxylic acids is 1. The molecule has 5 unspecified atom stereocenters. The molecule has 1 aromatic rings. The summed E-state index contributed by atoms with van der Waals surface area (Å²) in [7, 11) is 0. The van der Waals surface area contributed by atoms with Crippen molar-refractivity contribution in [2.75, 3.05) is 0 Å². The molecule has 0 radical (unpaired) electrons. The zero-order valence-corrected chi connectivity index (χ0v) is 22.2. The van der Waals surface area contributed by atoms with Gasteiger partial charge in [-0.05, 0) is 37.0 Å². The average molecular weight is 551 g/mol. The number of carbonyl (C=O) groups excluding carboxylic acids is 5. The molecule has 10 N–H and O–H groups in total. The molecule has 1 aromatic carbocycles. The van der Waals surface area contributed by atoms with Crippen molar-refractivity contribution in [2.24, 2.45) is 11.5 Å². The summed E-state index contributed by atoms with van der Waals surface area (Å²) in [4.78, 5) is 74.3. The first-order valence-corrected chi connectivity index (χ1v) is 12.6. The largest absolute Gasteiger partial charge is 0.508 e. The summed E-state index contributed by atoms with van der Waals surface area (Å²) in [5.74, 6) is -5.30. The Labute approximate surface area is 226 Å². The normalized spacial score (nSPS) is 14.6. The first-order valence-electron chi connectivity index (χ1n) is 12.6. The number of carboxylic acid groups (broad SMARTS) is 1. The van der Waals surface area contributed by atoms with Crippen LogP contribution in [0.5, 0.6) is 5.75 Å². The van der Waals surface area contributed by atoms with Crippen molar-refractivity contribution in [3.63, 3.8) is 0 Å². The van der Waals surface area contributed by atoms with Crippen LogP contribution in [0.3, 0.4) is 0 Å². The van der Waals surface area contributed by atoms with Gasteiger partial charge < -0.3 is 42.9 Å². The van der Waals surface area contributed by atoms with Crippen LogP contribution in [0.15, 0.2) is 24.3 Å². The molecule has 0 spiro atoms. The van der Waals surface area contributed by atoms with Gasteiger partial charge in [0.25, 0.3) is 0 Å². The predicted octanol–water partition coefficient (Wildman–Crippen LogP) is -1.61. The molecule has 5 amide bonds. The van der Waals surface area contributed by atoms with E-state index in [1.54, 1.807) is 20.8 Å². The number of hydrogen-bond acceptors (Lipinski definition) is 8. The fourth-order valence-electron chi connectivity index (χ4n) is 3.46. The lowest BCUT2D eigenvalue weighted by molar-refractivity contribution is -0.142. The Morgan fingerprint density at radius 3 is 1.67 bits per heavy atom. The van der Waals surface area contributed by atoms with Crippen molar-refractivity contribution in [3.8, 4) is 5.75 Å². The predicted molar refractivity (Wildman–Crippen MR) is 140 cm³/mol. The third kappa shape index (κ3) is 11.0. The summed E-state index contributed by atoms with van der Waals surface area (Å²) < 4.78 is 0. The second-order valence-electron chi connectivity index (χ2n) is 8.96. The van der Waals surface area contributed by atoms with Crippen LogP contribution in [0, 0.1) is 0 Å². The molecule has 0 heterocycles. The Kier molecular flexibility index (Phi) is 13.4. The van der Waals surface area contributed by atoms with Gasteiger partial charge in [-0.25, -0.2) is 4.79 Å². The van der Waals surface area contributed by atoms with E-state index in [1.807, 2.05) is 0 Å². The van der Waals surface area contributed by atoms with Crippen LogP contribution >= 0.6 is 0 Å². The number of primary amides is 1. The van der Waals surface area contributed by atoms with Crippen LogP contribution in [0.1, 0.15) is 52.0 Å². The summed E-state index contributed by atoms with van der Waals surface area (Å²) >= 11 is 0. The van der Waals surface area contributed by atoms with Gasteiger partial charge in [-0.3, -0.25) is 24.0 Å². The highest BCUT2D eigenvalue weighted by Crippen LogP contribution is 2.12. The van der Waals surface area contributed by atoms with E-state index in [2.05, 4.69) is 21.3 Å². The maximum Gasteiger partial charge on any atom is 0.326 e. The molecule has 14 heteroatoms. The van der Waals surface area contributed by atoms with Crippen molar-refractivity contribution in [1.82, 2.24) is 21.3 Å². The zero-order valence-electron chi connectivity index (χ0n) is 22.2. The highest BCUT2D eigenvalue weighted by molar-refractivity contribution is 5.97. The van der Waals surface area contributed by atoms with Crippen molar-refractivity contribution in [1.29, 1.82) is 0 Å². The average Bonchev–Trinajstić information content (AvgIpc) is 2.89. The number of nitrogens with two attached hydrogens (primary N) is 2. The number of aromatic hydroxyl groups is 1. The van der Waals surface area contributed by atoms with Gasteiger partial charge in [-0.2, -0.15) is 0 Å². The van der Waals surface area contributed by atoms with Crippen LogP contribution in [-0.2, 0) is 35.2 Å². The number of carbonyl (C=O) groups is 6. The third-order valence-corrected chi connectivity index (χ3v) is 5.89. The Morgan fingerprint density at radius 1 is 0.718 bits per heavy atom. The van der Waals surface area contributed by atoms with E-state index < -0.39 is 72.1 Å². The molecule has 216 valence electrons. The van der Waals surface area contributed by atoms with E-state index in [9.17, 15) is 39.0 Å². The summed E-state index contributed by atoms with van der Waals surface area (Å²) in [5, 5.41) is 28.5. The standard InChI is InChI=1S/C25H38N6O8/c1-4-15(26)21(34)28-16(5-2)22(35)31-19(12-20(27)33)24(37)30-18(11-13-7-9-14(32)10-8-13)23(36)29-17(6-3)25(38)39/h7-10,15-19,32H,4-6,11-12,26H2,1-3H3,(H2,27,33)(H,28,34)(H,29,36)(H,30,37)(H,31,35)(H,38,39). The molecule has 0 bridgehead atoms. The molecule has 39 heavy (non-hydrogen) atoms. The molecule has 1 rings (SSSR count). The topological polar surface area (TPSA) is 243 Å². The van der Waals surface area contributed by atoms with E-state index in [-0.39, 0.29) is 25.0 Å². The van der Waals surface area contributed by atoms with Gasteiger partial charge in [0.05, 0.1) is 12.5 Å². The number of nitrogens with one attached hydrogen (secondary N) is 4. The number of phenols is 1. The number of benzene rings is 1.